The second kappa shape index (κ2) is 6.07. The predicted octanol–water partition coefficient (Wildman–Crippen LogP) is 3.69. The van der Waals surface area contributed by atoms with Gasteiger partial charge in [-0.1, -0.05) is 42.6 Å². The molecule has 5 heteroatoms. The largest absolute Gasteiger partial charge is 0.349 e. The molecule has 0 atom stereocenters. The van der Waals surface area contributed by atoms with Crippen molar-refractivity contribution in [3.8, 4) is 0 Å². The van der Waals surface area contributed by atoms with Gasteiger partial charge in [0.1, 0.15) is 0 Å². The van der Waals surface area contributed by atoms with Crippen LogP contribution in [0.5, 0.6) is 0 Å². The zero-order valence-corrected chi connectivity index (χ0v) is 10.2. The Kier molecular flexibility index (Phi) is 4.20. The van der Waals surface area contributed by atoms with Crippen LogP contribution < -0.4 is 5.32 Å². The van der Waals surface area contributed by atoms with Gasteiger partial charge in [0, 0.05) is 16.5 Å². The number of nitrogens with zero attached hydrogens (tertiary/aromatic N) is 3. The first-order valence-electron chi connectivity index (χ1n) is 6.26. The molecule has 94 valence electrons. The first-order valence-corrected chi connectivity index (χ1v) is 6.26. The van der Waals surface area contributed by atoms with Gasteiger partial charge in [0.2, 0.25) is 0 Å². The molecule has 1 fully saturated rings. The SMILES string of the molecule is [N-]=[N+]=Nc1ccccc1C(=O)NC1CCCCC1. The number of azide groups is 1. The Bertz CT molecular complexity index is 474. The summed E-state index contributed by atoms with van der Waals surface area (Å²) in [6, 6.07) is 7.11. The third kappa shape index (κ3) is 3.02. The molecule has 0 aliphatic heterocycles. The van der Waals surface area contributed by atoms with E-state index in [1.165, 1.54) is 19.3 Å². The fraction of sp³-hybridized carbons (Fsp3) is 0.462. The minimum atomic E-state index is -0.148. The van der Waals surface area contributed by atoms with Crippen molar-refractivity contribution in [3.63, 3.8) is 0 Å². The second-order valence-corrected chi connectivity index (χ2v) is 4.51. The first kappa shape index (κ1) is 12.5. The molecule has 1 aliphatic rings. The van der Waals surface area contributed by atoms with Gasteiger partial charge in [-0.05, 0) is 24.4 Å². The second-order valence-electron chi connectivity index (χ2n) is 4.51. The van der Waals surface area contributed by atoms with E-state index in [0.717, 1.165) is 12.8 Å². The summed E-state index contributed by atoms with van der Waals surface area (Å²) in [4.78, 5) is 14.9. The van der Waals surface area contributed by atoms with E-state index >= 15 is 0 Å². The smallest absolute Gasteiger partial charge is 0.251 e. The van der Waals surface area contributed by atoms with Crippen molar-refractivity contribution in [3.05, 3.63) is 40.3 Å². The molecule has 0 radical (unpaired) electrons. The van der Waals surface area contributed by atoms with Crippen molar-refractivity contribution in [2.45, 2.75) is 38.1 Å². The van der Waals surface area contributed by atoms with Gasteiger partial charge in [-0.15, -0.1) is 0 Å². The van der Waals surface area contributed by atoms with Crippen LogP contribution in [0.4, 0.5) is 5.69 Å². The molecule has 1 aromatic carbocycles. The van der Waals surface area contributed by atoms with Crippen LogP contribution in [0.15, 0.2) is 29.4 Å². The van der Waals surface area contributed by atoms with Crippen molar-refractivity contribution in [2.24, 2.45) is 5.11 Å². The van der Waals surface area contributed by atoms with Gasteiger partial charge in [0.25, 0.3) is 5.91 Å². The quantitative estimate of drug-likeness (QED) is 0.491. The molecule has 18 heavy (non-hydrogen) atoms. The summed E-state index contributed by atoms with van der Waals surface area (Å²) in [5.74, 6) is -0.148. The summed E-state index contributed by atoms with van der Waals surface area (Å²) in [5, 5.41) is 6.55. The Balaban J connectivity index is 2.10. The summed E-state index contributed by atoms with van der Waals surface area (Å²) in [5.41, 5.74) is 9.30. The van der Waals surface area contributed by atoms with Crippen LogP contribution in [0, 0.1) is 0 Å². The molecular weight excluding hydrogens is 228 g/mol. The van der Waals surface area contributed by atoms with E-state index in [2.05, 4.69) is 15.3 Å². The molecule has 1 aliphatic carbocycles. The number of amides is 1. The number of benzene rings is 1. The van der Waals surface area contributed by atoms with E-state index in [1.54, 1.807) is 24.3 Å². The van der Waals surface area contributed by atoms with E-state index in [9.17, 15) is 4.79 Å². The van der Waals surface area contributed by atoms with Gasteiger partial charge in [-0.3, -0.25) is 4.79 Å². The van der Waals surface area contributed by atoms with E-state index in [4.69, 9.17) is 5.53 Å². The van der Waals surface area contributed by atoms with Crippen molar-refractivity contribution in [1.29, 1.82) is 0 Å². The minimum absolute atomic E-state index is 0.148. The standard InChI is InChI=1S/C13H16N4O/c14-17-16-12-9-5-4-8-11(12)13(18)15-10-6-2-1-3-7-10/h4-5,8-10H,1-3,6-7H2,(H,15,18). The third-order valence-electron chi connectivity index (χ3n) is 3.24. The first-order chi connectivity index (χ1) is 8.81. The predicted molar refractivity (Wildman–Crippen MR) is 69.6 cm³/mol. The molecule has 0 saturated heterocycles. The van der Waals surface area contributed by atoms with Crippen LogP contribution in [0.25, 0.3) is 10.4 Å². The number of hydrogen-bond donors (Lipinski definition) is 1. The minimum Gasteiger partial charge on any atom is -0.349 e. The van der Waals surface area contributed by atoms with Crippen molar-refractivity contribution in [2.75, 3.05) is 0 Å². The lowest BCUT2D eigenvalue weighted by Gasteiger charge is -2.23. The molecule has 0 unspecified atom stereocenters. The average molecular weight is 244 g/mol. The van der Waals surface area contributed by atoms with Crippen LogP contribution in [0.1, 0.15) is 42.5 Å². The van der Waals surface area contributed by atoms with Gasteiger partial charge in [0.05, 0.1) is 5.69 Å². The van der Waals surface area contributed by atoms with Crippen LogP contribution in [0.2, 0.25) is 0 Å². The summed E-state index contributed by atoms with van der Waals surface area (Å²) >= 11 is 0. The maximum Gasteiger partial charge on any atom is 0.251 e. The average Bonchev–Trinajstić information content (AvgIpc) is 2.41. The highest BCUT2D eigenvalue weighted by molar-refractivity contribution is 5.99. The lowest BCUT2D eigenvalue weighted by molar-refractivity contribution is 0.0928. The fourth-order valence-electron chi connectivity index (χ4n) is 2.31. The highest BCUT2D eigenvalue weighted by Crippen LogP contribution is 2.21. The van der Waals surface area contributed by atoms with Crippen LogP contribution in [0.3, 0.4) is 0 Å². The van der Waals surface area contributed by atoms with Crippen molar-refractivity contribution in [1.82, 2.24) is 5.32 Å². The number of hydrogen-bond acceptors (Lipinski definition) is 2. The summed E-state index contributed by atoms with van der Waals surface area (Å²) in [7, 11) is 0. The summed E-state index contributed by atoms with van der Waals surface area (Å²) in [6.07, 6.45) is 5.67. The van der Waals surface area contributed by atoms with Gasteiger partial charge >= 0.3 is 0 Å². The van der Waals surface area contributed by atoms with Crippen LogP contribution in [-0.2, 0) is 0 Å². The van der Waals surface area contributed by atoms with Gasteiger partial charge in [0.15, 0.2) is 0 Å². The molecule has 2 rings (SSSR count). The van der Waals surface area contributed by atoms with Crippen molar-refractivity contribution >= 4 is 11.6 Å². The molecule has 5 nitrogen and oxygen atoms in total. The lowest BCUT2D eigenvalue weighted by atomic mass is 9.95. The van der Waals surface area contributed by atoms with Gasteiger partial charge in [-0.25, -0.2) is 0 Å². The maximum atomic E-state index is 12.1. The molecule has 0 heterocycles. The molecule has 1 N–H and O–H groups in total. The molecule has 1 aromatic rings. The van der Waals surface area contributed by atoms with Gasteiger partial charge in [-0.2, -0.15) is 0 Å². The van der Waals surface area contributed by atoms with E-state index in [1.807, 2.05) is 0 Å². The highest BCUT2D eigenvalue weighted by atomic mass is 16.1. The van der Waals surface area contributed by atoms with Crippen LogP contribution in [-0.4, -0.2) is 11.9 Å². The Morgan fingerprint density at radius 3 is 2.72 bits per heavy atom. The van der Waals surface area contributed by atoms with Crippen LogP contribution >= 0.6 is 0 Å². The van der Waals surface area contributed by atoms with E-state index < -0.39 is 0 Å². The number of nitrogens with one attached hydrogen (secondary N) is 1. The number of rotatable bonds is 3. The molecule has 0 spiro atoms. The Labute approximate surface area is 106 Å². The third-order valence-corrected chi connectivity index (χ3v) is 3.24. The van der Waals surface area contributed by atoms with Gasteiger partial charge < -0.3 is 5.32 Å². The Morgan fingerprint density at radius 1 is 1.28 bits per heavy atom. The molecule has 1 saturated carbocycles. The number of carbonyl (C=O) groups is 1. The Morgan fingerprint density at radius 2 is 2.00 bits per heavy atom. The molecule has 0 aromatic heterocycles. The number of carbonyl (C=O) groups excluding carboxylic acids is 1. The monoisotopic (exact) mass is 244 g/mol. The Hall–Kier alpha value is -2.00. The van der Waals surface area contributed by atoms with E-state index in [0.29, 0.717) is 11.3 Å². The summed E-state index contributed by atoms with van der Waals surface area (Å²) in [6.45, 7) is 0. The zero-order chi connectivity index (χ0) is 12.8. The molecule has 0 bridgehead atoms. The zero-order valence-electron chi connectivity index (χ0n) is 10.2. The molecule has 1 amide bonds. The lowest BCUT2D eigenvalue weighted by Crippen LogP contribution is -2.36. The summed E-state index contributed by atoms with van der Waals surface area (Å²) < 4.78 is 0. The topological polar surface area (TPSA) is 77.9 Å². The highest BCUT2D eigenvalue weighted by Gasteiger charge is 2.17. The fourth-order valence-corrected chi connectivity index (χ4v) is 2.31. The maximum absolute atomic E-state index is 12.1. The van der Waals surface area contributed by atoms with E-state index in [-0.39, 0.29) is 11.9 Å². The normalized spacial score (nSPS) is 15.8. The molecular formula is C13H16N4O. The van der Waals surface area contributed by atoms with Crippen molar-refractivity contribution < 1.29 is 4.79 Å².